The quantitative estimate of drug-likeness (QED) is 0.882. The van der Waals surface area contributed by atoms with Crippen LogP contribution in [0.1, 0.15) is 41.4 Å². The molecule has 23 heavy (non-hydrogen) atoms. The predicted molar refractivity (Wildman–Crippen MR) is 92.8 cm³/mol. The van der Waals surface area contributed by atoms with Gasteiger partial charge in [0.2, 0.25) is 0 Å². The Bertz CT molecular complexity index is 711. The van der Waals surface area contributed by atoms with Crippen LogP contribution in [0.2, 0.25) is 0 Å². The van der Waals surface area contributed by atoms with E-state index in [1.165, 1.54) is 11.3 Å². The Labute approximate surface area is 140 Å². The Hall–Kier alpha value is -1.43. The van der Waals surface area contributed by atoms with E-state index >= 15 is 0 Å². The maximum absolute atomic E-state index is 12.8. The fourth-order valence-electron chi connectivity index (χ4n) is 3.46. The van der Waals surface area contributed by atoms with Gasteiger partial charge in [-0.3, -0.25) is 4.79 Å². The highest BCUT2D eigenvalue weighted by molar-refractivity contribution is 7.21. The lowest BCUT2D eigenvalue weighted by Gasteiger charge is -2.30. The lowest BCUT2D eigenvalue weighted by Crippen LogP contribution is -2.44. The molecule has 0 saturated heterocycles. The Morgan fingerprint density at radius 3 is 3.00 bits per heavy atom. The van der Waals surface area contributed by atoms with Crippen molar-refractivity contribution in [2.75, 3.05) is 13.7 Å². The first kappa shape index (κ1) is 16.4. The zero-order valence-electron chi connectivity index (χ0n) is 13.6. The number of amides is 1. The summed E-state index contributed by atoms with van der Waals surface area (Å²) in [6.45, 7) is 2.58. The van der Waals surface area contributed by atoms with E-state index in [1.807, 2.05) is 31.2 Å². The van der Waals surface area contributed by atoms with Crippen LogP contribution in [0, 0.1) is 5.41 Å². The van der Waals surface area contributed by atoms with E-state index in [1.54, 1.807) is 7.11 Å². The largest absolute Gasteiger partial charge is 0.396 e. The molecule has 1 aromatic heterocycles. The number of aliphatic hydroxyl groups excluding tert-OH is 1. The second-order valence-corrected chi connectivity index (χ2v) is 7.62. The highest BCUT2D eigenvalue weighted by Gasteiger charge is 2.39. The van der Waals surface area contributed by atoms with Crippen molar-refractivity contribution < 1.29 is 14.6 Å². The molecule has 1 saturated carbocycles. The third-order valence-corrected chi connectivity index (χ3v) is 6.15. The molecule has 1 aliphatic rings. The van der Waals surface area contributed by atoms with Crippen LogP contribution in [-0.2, 0) is 11.3 Å². The minimum atomic E-state index is -0.215. The van der Waals surface area contributed by atoms with Crippen LogP contribution in [0.5, 0.6) is 0 Å². The summed E-state index contributed by atoms with van der Waals surface area (Å²) in [7, 11) is 1.65. The van der Waals surface area contributed by atoms with E-state index in [-0.39, 0.29) is 24.0 Å². The summed E-state index contributed by atoms with van der Waals surface area (Å²) < 4.78 is 6.40. The van der Waals surface area contributed by atoms with Crippen molar-refractivity contribution in [3.05, 3.63) is 34.7 Å². The van der Waals surface area contributed by atoms with Gasteiger partial charge >= 0.3 is 0 Å². The summed E-state index contributed by atoms with van der Waals surface area (Å²) in [5.74, 6) is -0.0511. The van der Waals surface area contributed by atoms with E-state index in [0.717, 1.165) is 39.8 Å². The number of nitrogens with one attached hydrogen (secondary N) is 1. The molecule has 3 rings (SSSR count). The number of thiophene rings is 1. The minimum Gasteiger partial charge on any atom is -0.396 e. The Morgan fingerprint density at radius 1 is 1.48 bits per heavy atom. The Morgan fingerprint density at radius 2 is 2.26 bits per heavy atom. The van der Waals surface area contributed by atoms with Gasteiger partial charge < -0.3 is 15.2 Å². The van der Waals surface area contributed by atoms with Crippen LogP contribution in [0.4, 0.5) is 0 Å². The number of aliphatic hydroxyl groups is 1. The first-order valence-corrected chi connectivity index (χ1v) is 8.82. The van der Waals surface area contributed by atoms with Gasteiger partial charge in [0.25, 0.3) is 5.91 Å². The number of rotatable bonds is 5. The van der Waals surface area contributed by atoms with E-state index in [9.17, 15) is 9.90 Å². The van der Waals surface area contributed by atoms with Gasteiger partial charge in [-0.2, -0.15) is 0 Å². The number of ether oxygens (including phenoxy) is 1. The molecule has 0 aliphatic heterocycles. The lowest BCUT2D eigenvalue weighted by atomic mass is 9.86. The fraction of sp³-hybridized carbons (Fsp3) is 0.500. The van der Waals surface area contributed by atoms with Gasteiger partial charge in [0.15, 0.2) is 0 Å². The lowest BCUT2D eigenvalue weighted by molar-refractivity contribution is 0.0831. The zero-order valence-corrected chi connectivity index (χ0v) is 14.4. The van der Waals surface area contributed by atoms with Crippen LogP contribution in [-0.4, -0.2) is 30.8 Å². The van der Waals surface area contributed by atoms with Crippen LogP contribution >= 0.6 is 11.3 Å². The highest BCUT2D eigenvalue weighted by Crippen LogP contribution is 2.38. The average molecular weight is 333 g/mol. The summed E-state index contributed by atoms with van der Waals surface area (Å²) in [6, 6.07) is 8.06. The van der Waals surface area contributed by atoms with Crippen LogP contribution < -0.4 is 5.32 Å². The second kappa shape index (κ2) is 6.59. The third-order valence-electron chi connectivity index (χ3n) is 4.94. The molecule has 1 heterocycles. The van der Waals surface area contributed by atoms with Gasteiger partial charge in [-0.15, -0.1) is 11.3 Å². The van der Waals surface area contributed by atoms with Crippen molar-refractivity contribution in [3.8, 4) is 0 Å². The first-order chi connectivity index (χ1) is 11.1. The number of hydrogen-bond acceptors (Lipinski definition) is 4. The van der Waals surface area contributed by atoms with Crippen molar-refractivity contribution in [3.63, 3.8) is 0 Å². The topological polar surface area (TPSA) is 58.6 Å². The van der Waals surface area contributed by atoms with Crippen molar-refractivity contribution in [1.82, 2.24) is 5.32 Å². The summed E-state index contributed by atoms with van der Waals surface area (Å²) in [5, 5.41) is 13.9. The molecule has 2 aromatic rings. The van der Waals surface area contributed by atoms with E-state index in [4.69, 9.17) is 4.74 Å². The number of hydrogen-bond donors (Lipinski definition) is 2. The number of fused-ring (bicyclic) bond motifs is 1. The molecule has 1 fully saturated rings. The van der Waals surface area contributed by atoms with Crippen molar-refractivity contribution in [1.29, 1.82) is 0 Å². The van der Waals surface area contributed by atoms with Crippen LogP contribution in [0.3, 0.4) is 0 Å². The minimum absolute atomic E-state index is 0.0283. The maximum atomic E-state index is 12.8. The molecule has 4 nitrogen and oxygen atoms in total. The monoisotopic (exact) mass is 333 g/mol. The zero-order chi connectivity index (χ0) is 16.4. The number of carbonyl (C=O) groups is 1. The molecule has 2 atom stereocenters. The molecule has 0 radical (unpaired) electrons. The van der Waals surface area contributed by atoms with Crippen molar-refractivity contribution in [2.24, 2.45) is 5.41 Å². The molecule has 1 aromatic carbocycles. The average Bonchev–Trinajstić information content (AvgIpc) is 3.10. The van der Waals surface area contributed by atoms with E-state index in [0.29, 0.717) is 6.61 Å². The molecule has 2 N–H and O–H groups in total. The number of methoxy groups -OCH3 is 1. The summed E-state index contributed by atoms with van der Waals surface area (Å²) >= 11 is 1.51. The molecule has 1 aliphatic carbocycles. The molecule has 1 amide bonds. The summed E-state index contributed by atoms with van der Waals surface area (Å²) in [4.78, 5) is 13.6. The standard InChI is InChI=1S/C18H23NO3S/c1-18(11-20)9-5-8-15(18)19-17(21)16-13(10-22-2)12-6-3-4-7-14(12)23-16/h3-4,6-7,15,20H,5,8-11H2,1-2H3,(H,19,21)/t15-,18+/m0/s1. The second-order valence-electron chi connectivity index (χ2n) is 6.57. The van der Waals surface area contributed by atoms with Crippen molar-refractivity contribution >= 4 is 27.3 Å². The summed E-state index contributed by atoms with van der Waals surface area (Å²) in [6.07, 6.45) is 2.92. The Balaban J connectivity index is 1.90. The van der Waals surface area contributed by atoms with Crippen LogP contribution in [0.25, 0.3) is 10.1 Å². The molecule has 124 valence electrons. The van der Waals surface area contributed by atoms with Gasteiger partial charge in [-0.25, -0.2) is 0 Å². The summed E-state index contributed by atoms with van der Waals surface area (Å²) in [5.41, 5.74) is 0.739. The molecule has 0 spiro atoms. The highest BCUT2D eigenvalue weighted by atomic mass is 32.1. The molecular weight excluding hydrogens is 310 g/mol. The SMILES string of the molecule is COCc1c(C(=O)N[C@H]2CCC[C@]2(C)CO)sc2ccccc12. The predicted octanol–water partition coefficient (Wildman–Crippen LogP) is 3.33. The molecular formula is C18H23NO3S. The molecule has 0 unspecified atom stereocenters. The van der Waals surface area contributed by atoms with Gasteiger partial charge in [-0.05, 0) is 24.3 Å². The Kier molecular flexibility index (Phi) is 4.71. The van der Waals surface area contributed by atoms with E-state index in [2.05, 4.69) is 5.32 Å². The molecule has 5 heteroatoms. The normalized spacial score (nSPS) is 24.2. The van der Waals surface area contributed by atoms with Crippen LogP contribution in [0.15, 0.2) is 24.3 Å². The van der Waals surface area contributed by atoms with Gasteiger partial charge in [0.1, 0.15) is 0 Å². The third kappa shape index (κ3) is 3.01. The maximum Gasteiger partial charge on any atom is 0.262 e. The number of carbonyl (C=O) groups excluding carboxylic acids is 1. The first-order valence-electron chi connectivity index (χ1n) is 8.00. The van der Waals surface area contributed by atoms with Gasteiger partial charge in [0, 0.05) is 28.8 Å². The van der Waals surface area contributed by atoms with E-state index < -0.39 is 0 Å². The smallest absolute Gasteiger partial charge is 0.262 e. The number of benzene rings is 1. The fourth-order valence-corrected chi connectivity index (χ4v) is 4.57. The van der Waals surface area contributed by atoms with Crippen molar-refractivity contribution in [2.45, 2.75) is 38.8 Å². The van der Waals surface area contributed by atoms with Gasteiger partial charge in [0.05, 0.1) is 18.1 Å². The molecule has 0 bridgehead atoms. The van der Waals surface area contributed by atoms with Gasteiger partial charge in [-0.1, -0.05) is 31.5 Å².